The fourth-order valence-electron chi connectivity index (χ4n) is 2.98. The largest absolute Gasteiger partial charge is 0.354 e. The van der Waals surface area contributed by atoms with Crippen LogP contribution >= 0.6 is 0 Å². The van der Waals surface area contributed by atoms with Gasteiger partial charge in [0, 0.05) is 17.9 Å². The molecule has 1 amide bonds. The zero-order chi connectivity index (χ0) is 17.2. The lowest BCUT2D eigenvalue weighted by Crippen LogP contribution is -2.29. The first kappa shape index (κ1) is 15.3. The number of rotatable bonds is 3. The first-order valence-electron chi connectivity index (χ1n) is 8.09. The Labute approximate surface area is 144 Å². The van der Waals surface area contributed by atoms with Crippen molar-refractivity contribution in [2.75, 3.05) is 16.8 Å². The molecule has 4 nitrogen and oxygen atoms in total. The number of fused-ring (bicyclic) bond motifs is 1. The smallest absolute Gasteiger partial charge is 0.276 e. The van der Waals surface area contributed by atoms with E-state index in [1.54, 1.807) is 35.4 Å². The molecule has 0 unspecified atom stereocenters. The maximum absolute atomic E-state index is 12.9. The van der Waals surface area contributed by atoms with Crippen LogP contribution in [-0.2, 0) is 6.42 Å². The summed E-state index contributed by atoms with van der Waals surface area (Å²) in [7, 11) is 0. The monoisotopic (exact) mass is 333 g/mol. The van der Waals surface area contributed by atoms with Gasteiger partial charge in [-0.15, -0.1) is 0 Å². The van der Waals surface area contributed by atoms with Gasteiger partial charge in [0.15, 0.2) is 0 Å². The molecule has 0 radical (unpaired) electrons. The lowest BCUT2D eigenvalue weighted by molar-refractivity contribution is 0.0984. The fourth-order valence-corrected chi connectivity index (χ4v) is 2.98. The third kappa shape index (κ3) is 3.08. The quantitative estimate of drug-likeness (QED) is 0.782. The molecule has 0 bridgehead atoms. The number of aromatic nitrogens is 1. The molecule has 4 rings (SSSR count). The maximum atomic E-state index is 12.9. The van der Waals surface area contributed by atoms with Crippen LogP contribution in [0.5, 0.6) is 0 Å². The second-order valence-electron chi connectivity index (χ2n) is 5.90. The van der Waals surface area contributed by atoms with Crippen LogP contribution in [-0.4, -0.2) is 17.4 Å². The van der Waals surface area contributed by atoms with Gasteiger partial charge < -0.3 is 10.2 Å². The van der Waals surface area contributed by atoms with Crippen LogP contribution in [0.2, 0.25) is 0 Å². The number of para-hydroxylation sites is 1. The zero-order valence-corrected chi connectivity index (χ0v) is 13.4. The molecule has 0 atom stereocenters. The predicted octanol–water partition coefficient (Wildman–Crippen LogP) is 4.17. The summed E-state index contributed by atoms with van der Waals surface area (Å²) in [5, 5.41) is 3.13. The van der Waals surface area contributed by atoms with Gasteiger partial charge in [-0.1, -0.05) is 18.2 Å². The maximum Gasteiger partial charge on any atom is 0.276 e. The summed E-state index contributed by atoms with van der Waals surface area (Å²) >= 11 is 0. The first-order valence-corrected chi connectivity index (χ1v) is 8.09. The molecule has 0 aliphatic carbocycles. The van der Waals surface area contributed by atoms with Crippen LogP contribution in [0.25, 0.3) is 0 Å². The Hall–Kier alpha value is -3.21. The molecule has 0 spiro atoms. The summed E-state index contributed by atoms with van der Waals surface area (Å²) in [6.07, 6.45) is 2.48. The van der Waals surface area contributed by atoms with E-state index in [2.05, 4.69) is 10.3 Å². The molecule has 124 valence electrons. The highest BCUT2D eigenvalue weighted by molar-refractivity contribution is 6.06. The van der Waals surface area contributed by atoms with Crippen molar-refractivity contribution < 1.29 is 9.18 Å². The topological polar surface area (TPSA) is 45.2 Å². The van der Waals surface area contributed by atoms with E-state index >= 15 is 0 Å². The molecule has 0 saturated carbocycles. The van der Waals surface area contributed by atoms with Gasteiger partial charge in [0.05, 0.1) is 11.9 Å². The van der Waals surface area contributed by atoms with Crippen molar-refractivity contribution in [3.05, 3.63) is 83.9 Å². The molecule has 2 heterocycles. The molecule has 1 aromatic heterocycles. The number of hydrogen-bond acceptors (Lipinski definition) is 3. The average Bonchev–Trinajstić information content (AvgIpc) is 3.08. The van der Waals surface area contributed by atoms with Gasteiger partial charge in [0.25, 0.3) is 5.91 Å². The van der Waals surface area contributed by atoms with Crippen molar-refractivity contribution >= 4 is 23.0 Å². The second kappa shape index (κ2) is 6.36. The molecule has 5 heteroatoms. The number of pyridine rings is 1. The van der Waals surface area contributed by atoms with Crippen molar-refractivity contribution in [2.24, 2.45) is 0 Å². The van der Waals surface area contributed by atoms with Crippen LogP contribution in [0, 0.1) is 5.82 Å². The van der Waals surface area contributed by atoms with Gasteiger partial charge >= 0.3 is 0 Å². The number of carbonyl (C=O) groups excluding carboxylic acids is 1. The van der Waals surface area contributed by atoms with Crippen molar-refractivity contribution in [3.63, 3.8) is 0 Å². The predicted molar refractivity (Wildman–Crippen MR) is 95.7 cm³/mol. The van der Waals surface area contributed by atoms with Gasteiger partial charge in [-0.3, -0.25) is 4.79 Å². The first-order chi connectivity index (χ1) is 12.2. The molecule has 3 aromatic rings. The van der Waals surface area contributed by atoms with Crippen LogP contribution in [0.15, 0.2) is 66.9 Å². The van der Waals surface area contributed by atoms with Crippen LogP contribution in [0.4, 0.5) is 21.5 Å². The van der Waals surface area contributed by atoms with E-state index in [9.17, 15) is 9.18 Å². The standard InChI is InChI=1S/C20H16FN3O/c21-15-5-7-16(8-6-15)23-17-9-10-18(22-13-17)20(25)24-12-11-14-3-1-2-4-19(14)24/h1-10,13,23H,11-12H2. The van der Waals surface area contributed by atoms with Gasteiger partial charge in [-0.2, -0.15) is 0 Å². The number of nitrogens with one attached hydrogen (secondary N) is 1. The minimum Gasteiger partial charge on any atom is -0.354 e. The molecule has 2 aromatic carbocycles. The van der Waals surface area contributed by atoms with Crippen molar-refractivity contribution in [1.82, 2.24) is 4.98 Å². The van der Waals surface area contributed by atoms with Gasteiger partial charge in [-0.25, -0.2) is 9.37 Å². The van der Waals surface area contributed by atoms with E-state index in [4.69, 9.17) is 0 Å². The Morgan fingerprint density at radius 1 is 1.00 bits per heavy atom. The average molecular weight is 333 g/mol. The summed E-state index contributed by atoms with van der Waals surface area (Å²) in [6.45, 7) is 0.676. The number of nitrogens with zero attached hydrogens (tertiary/aromatic N) is 2. The van der Waals surface area contributed by atoms with Gasteiger partial charge in [0.1, 0.15) is 11.5 Å². The van der Waals surface area contributed by atoms with E-state index in [1.165, 1.54) is 17.7 Å². The third-order valence-corrected chi connectivity index (χ3v) is 4.25. The molecule has 1 aliphatic rings. The Balaban J connectivity index is 1.50. The SMILES string of the molecule is O=C(c1ccc(Nc2ccc(F)cc2)cn1)N1CCc2ccccc21. The highest BCUT2D eigenvalue weighted by Crippen LogP contribution is 2.28. The molecular formula is C20H16FN3O. The minimum atomic E-state index is -0.282. The van der Waals surface area contributed by atoms with Crippen molar-refractivity contribution in [1.29, 1.82) is 0 Å². The lowest BCUT2D eigenvalue weighted by atomic mass is 10.2. The molecular weight excluding hydrogens is 317 g/mol. The fraction of sp³-hybridized carbons (Fsp3) is 0.100. The molecule has 0 fully saturated rings. The number of hydrogen-bond donors (Lipinski definition) is 1. The normalized spacial score (nSPS) is 12.8. The highest BCUT2D eigenvalue weighted by Gasteiger charge is 2.25. The summed E-state index contributed by atoms with van der Waals surface area (Å²) in [5.74, 6) is -0.381. The van der Waals surface area contributed by atoms with Gasteiger partial charge in [0.2, 0.25) is 0 Å². The van der Waals surface area contributed by atoms with Crippen LogP contribution < -0.4 is 10.2 Å². The number of carbonyl (C=O) groups is 1. The van der Waals surface area contributed by atoms with Crippen LogP contribution in [0.3, 0.4) is 0 Å². The minimum absolute atomic E-state index is 0.0988. The summed E-state index contributed by atoms with van der Waals surface area (Å²) in [4.78, 5) is 18.8. The van der Waals surface area contributed by atoms with Crippen molar-refractivity contribution in [3.8, 4) is 0 Å². The third-order valence-electron chi connectivity index (χ3n) is 4.25. The lowest BCUT2D eigenvalue weighted by Gasteiger charge is -2.17. The summed E-state index contributed by atoms with van der Waals surface area (Å²) in [5.41, 5.74) is 4.05. The zero-order valence-electron chi connectivity index (χ0n) is 13.4. The summed E-state index contributed by atoms with van der Waals surface area (Å²) in [6, 6.07) is 17.5. The molecule has 25 heavy (non-hydrogen) atoms. The summed E-state index contributed by atoms with van der Waals surface area (Å²) < 4.78 is 12.9. The van der Waals surface area contributed by atoms with Gasteiger partial charge in [-0.05, 0) is 54.4 Å². The van der Waals surface area contributed by atoms with E-state index < -0.39 is 0 Å². The number of anilines is 3. The second-order valence-corrected chi connectivity index (χ2v) is 5.90. The molecule has 1 N–H and O–H groups in total. The van der Waals surface area contributed by atoms with E-state index in [1.807, 2.05) is 24.3 Å². The highest BCUT2D eigenvalue weighted by atomic mass is 19.1. The van der Waals surface area contributed by atoms with E-state index in [-0.39, 0.29) is 11.7 Å². The Kier molecular flexibility index (Phi) is 3.90. The number of halogens is 1. The Morgan fingerprint density at radius 2 is 1.76 bits per heavy atom. The van der Waals surface area contributed by atoms with Crippen LogP contribution in [0.1, 0.15) is 16.1 Å². The number of benzene rings is 2. The number of amides is 1. The Morgan fingerprint density at radius 3 is 2.52 bits per heavy atom. The molecule has 1 aliphatic heterocycles. The van der Waals surface area contributed by atoms with E-state index in [0.717, 1.165) is 23.5 Å². The Bertz CT molecular complexity index is 907. The van der Waals surface area contributed by atoms with E-state index in [0.29, 0.717) is 12.2 Å². The van der Waals surface area contributed by atoms with Crippen molar-refractivity contribution in [2.45, 2.75) is 6.42 Å². The molecule has 0 saturated heterocycles.